The minimum atomic E-state index is 0.422. The van der Waals surface area contributed by atoms with E-state index in [1.54, 1.807) is 0 Å². The van der Waals surface area contributed by atoms with E-state index in [-0.39, 0.29) is 0 Å². The highest BCUT2D eigenvalue weighted by molar-refractivity contribution is 6.00. The third kappa shape index (κ3) is 2.87. The molecule has 0 spiro atoms. The summed E-state index contributed by atoms with van der Waals surface area (Å²) in [4.78, 5) is 7.08. The molecule has 0 saturated heterocycles. The van der Waals surface area contributed by atoms with Crippen LogP contribution in [0.2, 0.25) is 0 Å². The summed E-state index contributed by atoms with van der Waals surface area (Å²) in [7, 11) is 0. The van der Waals surface area contributed by atoms with E-state index in [1.807, 2.05) is 0 Å². The fourth-order valence-electron chi connectivity index (χ4n) is 2.59. The van der Waals surface area contributed by atoms with Crippen LogP contribution in [0.25, 0.3) is 10.8 Å². The lowest BCUT2D eigenvalue weighted by Gasteiger charge is -2.23. The van der Waals surface area contributed by atoms with Gasteiger partial charge in [-0.2, -0.15) is 0 Å². The summed E-state index contributed by atoms with van der Waals surface area (Å²) in [5.41, 5.74) is 2.26. The van der Waals surface area contributed by atoms with E-state index in [0.717, 1.165) is 24.6 Å². The zero-order valence-electron chi connectivity index (χ0n) is 13.2. The molecule has 1 N–H and O–H groups in total. The van der Waals surface area contributed by atoms with E-state index < -0.39 is 0 Å². The summed E-state index contributed by atoms with van der Waals surface area (Å²) in [6, 6.07) is 9.02. The first-order chi connectivity index (χ1) is 9.56. The second kappa shape index (κ2) is 6.12. The monoisotopic (exact) mass is 271 g/mol. The molecule has 0 unspecified atom stereocenters. The summed E-state index contributed by atoms with van der Waals surface area (Å²) >= 11 is 0. The standard InChI is InChI=1S/C17H25N3/c1-6-20(7-2)17-14-9-8-10-16(18-12(3)4)15(14)11-13(5)19-17/h8-12,18H,6-7H2,1-5H3. The van der Waals surface area contributed by atoms with Gasteiger partial charge in [0.15, 0.2) is 0 Å². The van der Waals surface area contributed by atoms with Crippen molar-refractivity contribution in [2.75, 3.05) is 23.3 Å². The van der Waals surface area contributed by atoms with Gasteiger partial charge < -0.3 is 10.2 Å². The summed E-state index contributed by atoms with van der Waals surface area (Å²) in [5.74, 6) is 1.09. The molecule has 0 aliphatic rings. The van der Waals surface area contributed by atoms with Gasteiger partial charge >= 0.3 is 0 Å². The van der Waals surface area contributed by atoms with E-state index >= 15 is 0 Å². The molecule has 1 heterocycles. The Morgan fingerprint density at radius 3 is 2.45 bits per heavy atom. The molecular formula is C17H25N3. The summed E-state index contributed by atoms with van der Waals surface area (Å²) in [6.45, 7) is 12.7. The lowest BCUT2D eigenvalue weighted by molar-refractivity contribution is 0.848. The molecule has 20 heavy (non-hydrogen) atoms. The molecule has 0 saturated carbocycles. The number of anilines is 2. The van der Waals surface area contributed by atoms with E-state index in [9.17, 15) is 0 Å². The van der Waals surface area contributed by atoms with Crippen LogP contribution in [0, 0.1) is 6.92 Å². The van der Waals surface area contributed by atoms with Crippen molar-refractivity contribution in [3.63, 3.8) is 0 Å². The molecule has 0 amide bonds. The quantitative estimate of drug-likeness (QED) is 0.883. The molecule has 0 fully saturated rings. The molecule has 3 heteroatoms. The van der Waals surface area contributed by atoms with Crippen LogP contribution in [0.4, 0.5) is 11.5 Å². The molecule has 0 aliphatic heterocycles. The summed E-state index contributed by atoms with van der Waals surface area (Å²) in [6.07, 6.45) is 0. The van der Waals surface area contributed by atoms with Crippen LogP contribution < -0.4 is 10.2 Å². The highest BCUT2D eigenvalue weighted by Gasteiger charge is 2.12. The first-order valence-corrected chi connectivity index (χ1v) is 7.48. The number of hydrogen-bond acceptors (Lipinski definition) is 3. The third-order valence-electron chi connectivity index (χ3n) is 3.49. The van der Waals surface area contributed by atoms with Gasteiger partial charge in [0, 0.05) is 41.3 Å². The number of pyridine rings is 1. The van der Waals surface area contributed by atoms with Crippen molar-refractivity contribution in [3.05, 3.63) is 30.0 Å². The third-order valence-corrected chi connectivity index (χ3v) is 3.49. The lowest BCUT2D eigenvalue weighted by Crippen LogP contribution is -2.23. The maximum absolute atomic E-state index is 4.76. The number of hydrogen-bond donors (Lipinski definition) is 1. The molecule has 3 nitrogen and oxygen atoms in total. The average Bonchev–Trinajstić information content (AvgIpc) is 2.40. The Morgan fingerprint density at radius 1 is 1.15 bits per heavy atom. The predicted octanol–water partition coefficient (Wildman–Crippen LogP) is 4.21. The number of nitrogens with one attached hydrogen (secondary N) is 1. The van der Waals surface area contributed by atoms with Crippen LogP contribution in [0.5, 0.6) is 0 Å². The van der Waals surface area contributed by atoms with Gasteiger partial charge in [-0.15, -0.1) is 0 Å². The SMILES string of the molecule is CCN(CC)c1nc(C)cc2c(NC(C)C)cccc12. The lowest BCUT2D eigenvalue weighted by atomic mass is 10.1. The molecule has 0 atom stereocenters. The highest BCUT2D eigenvalue weighted by Crippen LogP contribution is 2.31. The number of benzene rings is 1. The predicted molar refractivity (Wildman–Crippen MR) is 88.8 cm³/mol. The minimum absolute atomic E-state index is 0.422. The Kier molecular flexibility index (Phi) is 4.48. The zero-order valence-corrected chi connectivity index (χ0v) is 13.2. The maximum atomic E-state index is 4.76. The largest absolute Gasteiger partial charge is 0.382 e. The van der Waals surface area contributed by atoms with Crippen LogP contribution in [0.1, 0.15) is 33.4 Å². The van der Waals surface area contributed by atoms with Gasteiger partial charge in [-0.05, 0) is 46.8 Å². The fraction of sp³-hybridized carbons (Fsp3) is 0.471. The number of rotatable bonds is 5. The Bertz CT molecular complexity index is 586. The Labute approximate surface area is 122 Å². The van der Waals surface area contributed by atoms with Gasteiger partial charge in [0.05, 0.1) is 0 Å². The molecule has 0 radical (unpaired) electrons. The van der Waals surface area contributed by atoms with E-state index in [2.05, 4.69) is 69.1 Å². The molecular weight excluding hydrogens is 246 g/mol. The van der Waals surface area contributed by atoms with Crippen LogP contribution >= 0.6 is 0 Å². The van der Waals surface area contributed by atoms with Crippen molar-refractivity contribution in [3.8, 4) is 0 Å². The molecule has 108 valence electrons. The molecule has 0 bridgehead atoms. The molecule has 1 aromatic heterocycles. The molecule has 2 aromatic rings. The van der Waals surface area contributed by atoms with Crippen molar-refractivity contribution in [2.24, 2.45) is 0 Å². The number of aryl methyl sites for hydroxylation is 1. The van der Waals surface area contributed by atoms with Gasteiger partial charge in [0.1, 0.15) is 5.82 Å². The first kappa shape index (κ1) is 14.6. The minimum Gasteiger partial charge on any atom is -0.382 e. The van der Waals surface area contributed by atoms with Crippen LogP contribution in [-0.2, 0) is 0 Å². The summed E-state index contributed by atoms with van der Waals surface area (Å²) in [5, 5.41) is 6.02. The second-order valence-electron chi connectivity index (χ2n) is 5.46. The van der Waals surface area contributed by atoms with Gasteiger partial charge in [0.25, 0.3) is 0 Å². The van der Waals surface area contributed by atoms with Crippen molar-refractivity contribution in [1.29, 1.82) is 0 Å². The number of fused-ring (bicyclic) bond motifs is 1. The van der Waals surface area contributed by atoms with Gasteiger partial charge in [-0.3, -0.25) is 0 Å². The maximum Gasteiger partial charge on any atom is 0.136 e. The normalized spacial score (nSPS) is 11.1. The van der Waals surface area contributed by atoms with E-state index in [0.29, 0.717) is 6.04 Å². The van der Waals surface area contributed by atoms with Crippen molar-refractivity contribution in [2.45, 2.75) is 40.7 Å². The van der Waals surface area contributed by atoms with Gasteiger partial charge in [-0.25, -0.2) is 4.98 Å². The Balaban J connectivity index is 2.65. The molecule has 1 aromatic carbocycles. The van der Waals surface area contributed by atoms with Crippen LogP contribution in [0.3, 0.4) is 0 Å². The second-order valence-corrected chi connectivity index (χ2v) is 5.46. The Morgan fingerprint density at radius 2 is 1.85 bits per heavy atom. The molecule has 2 rings (SSSR count). The van der Waals surface area contributed by atoms with Crippen molar-refractivity contribution >= 4 is 22.3 Å². The fourth-order valence-corrected chi connectivity index (χ4v) is 2.59. The topological polar surface area (TPSA) is 28.2 Å². The summed E-state index contributed by atoms with van der Waals surface area (Å²) < 4.78 is 0. The highest BCUT2D eigenvalue weighted by atomic mass is 15.2. The number of nitrogens with zero attached hydrogens (tertiary/aromatic N) is 2. The van der Waals surface area contributed by atoms with Gasteiger partial charge in [0.2, 0.25) is 0 Å². The zero-order chi connectivity index (χ0) is 14.7. The first-order valence-electron chi connectivity index (χ1n) is 7.48. The van der Waals surface area contributed by atoms with Crippen molar-refractivity contribution in [1.82, 2.24) is 4.98 Å². The van der Waals surface area contributed by atoms with Crippen LogP contribution in [0.15, 0.2) is 24.3 Å². The smallest absolute Gasteiger partial charge is 0.136 e. The van der Waals surface area contributed by atoms with E-state index in [1.165, 1.54) is 16.5 Å². The van der Waals surface area contributed by atoms with Gasteiger partial charge in [-0.1, -0.05) is 12.1 Å². The number of aromatic nitrogens is 1. The van der Waals surface area contributed by atoms with Crippen molar-refractivity contribution < 1.29 is 0 Å². The molecule has 0 aliphatic carbocycles. The average molecular weight is 271 g/mol. The van der Waals surface area contributed by atoms with E-state index in [4.69, 9.17) is 4.98 Å². The van der Waals surface area contributed by atoms with Crippen LogP contribution in [-0.4, -0.2) is 24.1 Å². The Hall–Kier alpha value is -1.77.